The zero-order valence-corrected chi connectivity index (χ0v) is 19.1. The summed E-state index contributed by atoms with van der Waals surface area (Å²) < 4.78 is 9.77. The molecule has 0 bridgehead atoms. The lowest BCUT2D eigenvalue weighted by Crippen LogP contribution is -2.27. The number of ether oxygens (including phenoxy) is 2. The van der Waals surface area contributed by atoms with Crippen molar-refractivity contribution in [1.82, 2.24) is 0 Å². The molecule has 0 saturated heterocycles. The van der Waals surface area contributed by atoms with Gasteiger partial charge in [0.15, 0.2) is 6.10 Å². The third kappa shape index (κ3) is 20.9. The minimum absolute atomic E-state index is 0.144. The summed E-state index contributed by atoms with van der Waals surface area (Å²) in [6, 6.07) is 0. The van der Waals surface area contributed by atoms with E-state index < -0.39 is 24.1 Å². The third-order valence-corrected chi connectivity index (χ3v) is 4.26. The molecule has 0 aliphatic heterocycles. The molecule has 0 aromatic heterocycles. The first-order chi connectivity index (χ1) is 15.0. The van der Waals surface area contributed by atoms with Crippen LogP contribution in [-0.4, -0.2) is 47.6 Å². The van der Waals surface area contributed by atoms with Crippen LogP contribution in [0.5, 0.6) is 0 Å². The van der Waals surface area contributed by atoms with Gasteiger partial charge in [0.2, 0.25) is 0 Å². The van der Waals surface area contributed by atoms with Gasteiger partial charge in [0.1, 0.15) is 6.61 Å². The Morgan fingerprint density at radius 2 is 1.71 bits per heavy atom. The predicted molar refractivity (Wildman–Crippen MR) is 123 cm³/mol. The summed E-state index contributed by atoms with van der Waals surface area (Å²) in [6.07, 6.45) is 22.4. The van der Waals surface area contributed by atoms with E-state index in [0.717, 1.165) is 12.8 Å². The first kappa shape index (κ1) is 28.8. The maximum absolute atomic E-state index is 11.6. The predicted octanol–water partition coefficient (Wildman–Crippen LogP) is 4.57. The second-order valence-corrected chi connectivity index (χ2v) is 7.28. The van der Waals surface area contributed by atoms with Crippen molar-refractivity contribution in [3.8, 4) is 0 Å². The summed E-state index contributed by atoms with van der Waals surface area (Å²) in [7, 11) is 0. The minimum Gasteiger partial charge on any atom is -0.462 e. The van der Waals surface area contributed by atoms with Gasteiger partial charge in [0.25, 0.3) is 0 Å². The van der Waals surface area contributed by atoms with E-state index in [1.165, 1.54) is 26.2 Å². The molecular weight excluding hydrogens is 396 g/mol. The van der Waals surface area contributed by atoms with Gasteiger partial charge >= 0.3 is 11.9 Å². The van der Waals surface area contributed by atoms with Crippen LogP contribution in [0.3, 0.4) is 0 Å². The number of carbonyl (C=O) groups is 2. The lowest BCUT2D eigenvalue weighted by atomic mass is 10.2. The van der Waals surface area contributed by atoms with Crippen molar-refractivity contribution in [2.45, 2.75) is 83.8 Å². The van der Waals surface area contributed by atoms with Gasteiger partial charge in [0.05, 0.1) is 12.7 Å². The molecule has 6 nitrogen and oxygen atoms in total. The molecule has 1 unspecified atom stereocenters. The van der Waals surface area contributed by atoms with Gasteiger partial charge in [-0.2, -0.15) is 0 Å². The van der Waals surface area contributed by atoms with Crippen LogP contribution < -0.4 is 0 Å². The number of aliphatic hydroxyl groups excluding tert-OH is 2. The van der Waals surface area contributed by atoms with Crippen molar-refractivity contribution in [2.75, 3.05) is 13.2 Å². The summed E-state index contributed by atoms with van der Waals surface area (Å²) in [4.78, 5) is 22.4. The van der Waals surface area contributed by atoms with Gasteiger partial charge in [-0.1, -0.05) is 68.4 Å². The van der Waals surface area contributed by atoms with Gasteiger partial charge < -0.3 is 19.7 Å². The van der Waals surface area contributed by atoms with E-state index >= 15 is 0 Å². The minimum atomic E-state index is -0.820. The highest BCUT2D eigenvalue weighted by molar-refractivity contribution is 5.69. The number of allylic oxidation sites excluding steroid dienone is 6. The molecular formula is C25H40O6. The molecule has 0 aliphatic rings. The molecule has 0 spiro atoms. The first-order valence-corrected chi connectivity index (χ1v) is 11.2. The van der Waals surface area contributed by atoms with E-state index in [0.29, 0.717) is 19.3 Å². The van der Waals surface area contributed by atoms with Crippen LogP contribution in [0.25, 0.3) is 0 Å². The van der Waals surface area contributed by atoms with Crippen molar-refractivity contribution >= 4 is 11.9 Å². The van der Waals surface area contributed by atoms with Gasteiger partial charge in [0, 0.05) is 13.3 Å². The number of hydrogen-bond donors (Lipinski definition) is 2. The van der Waals surface area contributed by atoms with Crippen molar-refractivity contribution in [1.29, 1.82) is 0 Å². The smallest absolute Gasteiger partial charge is 0.305 e. The lowest BCUT2D eigenvalue weighted by molar-refractivity contribution is -0.159. The molecule has 0 aromatic carbocycles. The highest BCUT2D eigenvalue weighted by Crippen LogP contribution is 2.03. The van der Waals surface area contributed by atoms with Gasteiger partial charge in [-0.15, -0.1) is 0 Å². The van der Waals surface area contributed by atoms with Crippen LogP contribution in [0.15, 0.2) is 48.6 Å². The van der Waals surface area contributed by atoms with Crippen LogP contribution in [0.2, 0.25) is 0 Å². The number of hydrogen-bond acceptors (Lipinski definition) is 6. The quantitative estimate of drug-likeness (QED) is 0.141. The maximum atomic E-state index is 11.6. The van der Waals surface area contributed by atoms with E-state index in [9.17, 15) is 14.7 Å². The fraction of sp³-hybridized carbons (Fsp3) is 0.600. The van der Waals surface area contributed by atoms with Crippen LogP contribution in [-0.2, 0) is 19.1 Å². The molecule has 0 radical (unpaired) electrons. The molecule has 0 saturated carbocycles. The van der Waals surface area contributed by atoms with Crippen LogP contribution in [0, 0.1) is 0 Å². The molecule has 0 heterocycles. The fourth-order valence-corrected chi connectivity index (χ4v) is 2.56. The van der Waals surface area contributed by atoms with Crippen molar-refractivity contribution in [3.63, 3.8) is 0 Å². The maximum Gasteiger partial charge on any atom is 0.305 e. The number of aliphatic hydroxyl groups is 2. The second kappa shape index (κ2) is 21.1. The average molecular weight is 437 g/mol. The van der Waals surface area contributed by atoms with E-state index in [1.807, 2.05) is 18.2 Å². The standard InChI is InChI=1S/C25H40O6/c1-3-4-5-6-7-8-9-11-14-17-23(28)18-15-12-10-13-16-19-25(29)30-21-24(20-26)31-22(2)27/h7-8,10-12,14-15,18,23-24,26,28H,3-6,9,13,16-17,19-21H2,1-2H3/b8-7-,12-10+,14-11-,18-15-/t23?,24-/m0/s1. The van der Waals surface area contributed by atoms with Crippen molar-refractivity contribution < 1.29 is 29.3 Å². The highest BCUT2D eigenvalue weighted by Gasteiger charge is 2.13. The molecule has 2 atom stereocenters. The van der Waals surface area contributed by atoms with Crippen molar-refractivity contribution in [2.24, 2.45) is 0 Å². The summed E-state index contributed by atoms with van der Waals surface area (Å²) in [5.74, 6) is -0.924. The number of esters is 2. The summed E-state index contributed by atoms with van der Waals surface area (Å²) in [5.41, 5.74) is 0. The summed E-state index contributed by atoms with van der Waals surface area (Å²) in [5, 5.41) is 18.9. The molecule has 0 fully saturated rings. The summed E-state index contributed by atoms with van der Waals surface area (Å²) >= 11 is 0. The Morgan fingerprint density at radius 3 is 2.42 bits per heavy atom. The van der Waals surface area contributed by atoms with E-state index in [2.05, 4.69) is 25.2 Å². The number of rotatable bonds is 18. The Morgan fingerprint density at radius 1 is 0.968 bits per heavy atom. The first-order valence-electron chi connectivity index (χ1n) is 11.2. The van der Waals surface area contributed by atoms with E-state index in [4.69, 9.17) is 14.6 Å². The Hall–Kier alpha value is -2.18. The lowest BCUT2D eigenvalue weighted by Gasteiger charge is -2.14. The molecule has 0 amide bonds. The largest absolute Gasteiger partial charge is 0.462 e. The Bertz CT molecular complexity index is 577. The average Bonchev–Trinajstić information content (AvgIpc) is 2.74. The monoisotopic (exact) mass is 436 g/mol. The Balaban J connectivity index is 3.79. The molecule has 0 aromatic rings. The van der Waals surface area contributed by atoms with Gasteiger partial charge in [-0.25, -0.2) is 0 Å². The van der Waals surface area contributed by atoms with Gasteiger partial charge in [-0.05, 0) is 38.5 Å². The van der Waals surface area contributed by atoms with Crippen molar-refractivity contribution in [3.05, 3.63) is 48.6 Å². The fourth-order valence-electron chi connectivity index (χ4n) is 2.56. The highest BCUT2D eigenvalue weighted by atomic mass is 16.6. The van der Waals surface area contributed by atoms with E-state index in [-0.39, 0.29) is 19.6 Å². The number of carbonyl (C=O) groups excluding carboxylic acids is 2. The number of unbranched alkanes of at least 4 members (excludes halogenated alkanes) is 4. The Kier molecular flexibility index (Phi) is 19.6. The second-order valence-electron chi connectivity index (χ2n) is 7.28. The molecule has 0 rings (SSSR count). The van der Waals surface area contributed by atoms with E-state index in [1.54, 1.807) is 12.2 Å². The van der Waals surface area contributed by atoms with Crippen LogP contribution in [0.4, 0.5) is 0 Å². The van der Waals surface area contributed by atoms with Crippen LogP contribution in [0.1, 0.15) is 71.6 Å². The Labute approximate surface area is 187 Å². The molecule has 2 N–H and O–H groups in total. The molecule has 176 valence electrons. The molecule has 0 aliphatic carbocycles. The molecule has 6 heteroatoms. The zero-order valence-electron chi connectivity index (χ0n) is 19.1. The van der Waals surface area contributed by atoms with Crippen LogP contribution >= 0.6 is 0 Å². The normalized spacial score (nSPS) is 14.1. The third-order valence-electron chi connectivity index (χ3n) is 4.26. The molecule has 31 heavy (non-hydrogen) atoms. The zero-order chi connectivity index (χ0) is 23.2. The summed E-state index contributed by atoms with van der Waals surface area (Å²) in [6.45, 7) is 2.90. The topological polar surface area (TPSA) is 93.1 Å². The SMILES string of the molecule is CCCCC/C=C\C/C=C\CC(O)/C=C\C=C\CCCC(=O)OC[C@H](CO)OC(C)=O. The van der Waals surface area contributed by atoms with Gasteiger partial charge in [-0.3, -0.25) is 9.59 Å².